The number of rotatable bonds is 4. The van der Waals surface area contributed by atoms with Gasteiger partial charge >= 0.3 is 0 Å². The molecule has 212 valence electrons. The van der Waals surface area contributed by atoms with Crippen molar-refractivity contribution < 1.29 is 0 Å². The van der Waals surface area contributed by atoms with Gasteiger partial charge in [-0.25, -0.2) is 0 Å². The molecule has 45 heavy (non-hydrogen) atoms. The topological polar surface area (TPSA) is 9.86 Å². The lowest BCUT2D eigenvalue weighted by Crippen LogP contribution is -1.94. The third kappa shape index (κ3) is 4.23. The van der Waals surface area contributed by atoms with Crippen molar-refractivity contribution in [2.45, 2.75) is 0 Å². The van der Waals surface area contributed by atoms with E-state index in [1.165, 1.54) is 65.9 Å². The molecular weight excluding hydrogens is 612 g/mol. The van der Waals surface area contributed by atoms with Gasteiger partial charge in [0.15, 0.2) is 0 Å². The van der Waals surface area contributed by atoms with Crippen LogP contribution in [0.3, 0.4) is 0 Å². The Kier molecular flexibility index (Phi) is 6.00. The average molecular weight is 640 g/mol. The van der Waals surface area contributed by atoms with Crippen molar-refractivity contribution in [3.05, 3.63) is 168 Å². The van der Waals surface area contributed by atoms with Crippen molar-refractivity contribution in [1.82, 2.24) is 9.13 Å². The number of hydrogen-bond donors (Lipinski definition) is 0. The maximum absolute atomic E-state index is 3.59. The van der Waals surface area contributed by atoms with Gasteiger partial charge in [0.25, 0.3) is 0 Å². The Bertz CT molecular complexity index is 2540. The molecule has 0 N–H and O–H groups in total. The molecule has 7 aromatic carbocycles. The lowest BCUT2D eigenvalue weighted by molar-refractivity contribution is 1.18. The zero-order chi connectivity index (χ0) is 29.9. The Hall–Kier alpha value is -5.38. The monoisotopic (exact) mass is 638 g/mol. The van der Waals surface area contributed by atoms with Crippen LogP contribution in [0.15, 0.2) is 168 Å². The number of benzene rings is 7. The first-order chi connectivity index (χ1) is 22.2. The van der Waals surface area contributed by atoms with Crippen LogP contribution in [0.5, 0.6) is 0 Å². The van der Waals surface area contributed by atoms with Crippen LogP contribution in [0.25, 0.3) is 77.2 Å². The van der Waals surface area contributed by atoms with Crippen LogP contribution in [0.1, 0.15) is 0 Å². The fourth-order valence-corrected chi connectivity index (χ4v) is 7.17. The molecule has 0 aliphatic rings. The predicted molar refractivity (Wildman–Crippen MR) is 194 cm³/mol. The highest BCUT2D eigenvalue weighted by Crippen LogP contribution is 2.38. The van der Waals surface area contributed by atoms with Crippen LogP contribution >= 0.6 is 15.9 Å². The van der Waals surface area contributed by atoms with Crippen molar-refractivity contribution in [1.29, 1.82) is 0 Å². The quantitative estimate of drug-likeness (QED) is 0.181. The van der Waals surface area contributed by atoms with Crippen LogP contribution in [-0.2, 0) is 0 Å². The minimum atomic E-state index is 1.08. The second-order valence-electron chi connectivity index (χ2n) is 11.6. The van der Waals surface area contributed by atoms with Crippen molar-refractivity contribution in [2.24, 2.45) is 0 Å². The van der Waals surface area contributed by atoms with Crippen molar-refractivity contribution in [2.75, 3.05) is 0 Å². The van der Waals surface area contributed by atoms with Gasteiger partial charge in [-0.05, 0) is 95.1 Å². The van der Waals surface area contributed by atoms with Gasteiger partial charge in [0.1, 0.15) is 0 Å². The normalized spacial score (nSPS) is 11.7. The zero-order valence-corrected chi connectivity index (χ0v) is 25.9. The summed E-state index contributed by atoms with van der Waals surface area (Å²) in [6, 6.07) is 59.3. The standard InChI is InChI=1S/C42H27BrN2/c43-32-19-21-33(22-20-32)44-39-15-6-4-13-35(39)37-26-30(17-23-41(37)44)31-18-24-42-38(27-31)36-14-5-7-16-40(36)45(42)34-12-8-11-29(25-34)28-9-2-1-3-10-28/h1-27H. The van der Waals surface area contributed by atoms with Crippen LogP contribution in [-0.4, -0.2) is 9.13 Å². The van der Waals surface area contributed by atoms with Gasteiger partial charge in [0.2, 0.25) is 0 Å². The van der Waals surface area contributed by atoms with E-state index in [0.29, 0.717) is 0 Å². The molecule has 9 rings (SSSR count). The van der Waals surface area contributed by atoms with Gasteiger partial charge in [-0.15, -0.1) is 0 Å². The summed E-state index contributed by atoms with van der Waals surface area (Å²) in [5, 5.41) is 5.03. The summed E-state index contributed by atoms with van der Waals surface area (Å²) in [5.41, 5.74) is 12.0. The summed E-state index contributed by atoms with van der Waals surface area (Å²) >= 11 is 3.59. The molecule has 2 aromatic heterocycles. The summed E-state index contributed by atoms with van der Waals surface area (Å²) in [6.07, 6.45) is 0. The Labute approximate surface area is 269 Å². The number of aromatic nitrogens is 2. The zero-order valence-electron chi connectivity index (χ0n) is 24.4. The minimum absolute atomic E-state index is 1.08. The van der Waals surface area contributed by atoms with Gasteiger partial charge in [-0.3, -0.25) is 0 Å². The summed E-state index contributed by atoms with van der Waals surface area (Å²) < 4.78 is 5.84. The Balaban J connectivity index is 1.22. The second kappa shape index (κ2) is 10.4. The molecule has 0 bridgehead atoms. The summed E-state index contributed by atoms with van der Waals surface area (Å²) in [7, 11) is 0. The minimum Gasteiger partial charge on any atom is -0.309 e. The van der Waals surface area contributed by atoms with Gasteiger partial charge in [0, 0.05) is 37.4 Å². The molecule has 9 aromatic rings. The summed E-state index contributed by atoms with van der Waals surface area (Å²) in [5.74, 6) is 0. The van der Waals surface area contributed by atoms with Crippen molar-refractivity contribution in [3.63, 3.8) is 0 Å². The van der Waals surface area contributed by atoms with E-state index in [9.17, 15) is 0 Å². The first-order valence-electron chi connectivity index (χ1n) is 15.2. The van der Waals surface area contributed by atoms with Crippen LogP contribution in [0.4, 0.5) is 0 Å². The highest BCUT2D eigenvalue weighted by Gasteiger charge is 2.16. The average Bonchev–Trinajstić information content (AvgIpc) is 3.61. The van der Waals surface area contributed by atoms with Gasteiger partial charge in [0.05, 0.1) is 22.1 Å². The maximum Gasteiger partial charge on any atom is 0.0541 e. The smallest absolute Gasteiger partial charge is 0.0541 e. The molecule has 0 aliphatic heterocycles. The first-order valence-corrected chi connectivity index (χ1v) is 16.0. The predicted octanol–water partition coefficient (Wildman–Crippen LogP) is 12.0. The van der Waals surface area contributed by atoms with Crippen molar-refractivity contribution >= 4 is 59.5 Å². The molecule has 0 atom stereocenters. The lowest BCUT2D eigenvalue weighted by Gasteiger charge is -2.11. The Morgan fingerprint density at radius 3 is 1.42 bits per heavy atom. The number of hydrogen-bond acceptors (Lipinski definition) is 0. The summed E-state index contributed by atoms with van der Waals surface area (Å²) in [4.78, 5) is 0. The fraction of sp³-hybridized carbons (Fsp3) is 0. The molecule has 0 saturated heterocycles. The molecule has 0 fully saturated rings. The first kappa shape index (κ1) is 26.1. The number of fused-ring (bicyclic) bond motifs is 6. The van der Waals surface area contributed by atoms with E-state index in [1.807, 2.05) is 0 Å². The Morgan fingerprint density at radius 1 is 0.311 bits per heavy atom. The highest BCUT2D eigenvalue weighted by molar-refractivity contribution is 9.10. The number of para-hydroxylation sites is 2. The third-order valence-corrected chi connectivity index (χ3v) is 9.50. The Morgan fingerprint density at radius 2 is 0.800 bits per heavy atom. The highest BCUT2D eigenvalue weighted by atomic mass is 79.9. The van der Waals surface area contributed by atoms with Crippen molar-refractivity contribution in [3.8, 4) is 33.6 Å². The molecular formula is C42H27BrN2. The molecule has 0 spiro atoms. The van der Waals surface area contributed by atoms with E-state index in [0.717, 1.165) is 15.8 Å². The van der Waals surface area contributed by atoms with Gasteiger partial charge < -0.3 is 9.13 Å². The van der Waals surface area contributed by atoms with Gasteiger partial charge in [-0.1, -0.05) is 107 Å². The molecule has 0 aliphatic carbocycles. The van der Waals surface area contributed by atoms with E-state index < -0.39 is 0 Å². The molecule has 2 nitrogen and oxygen atoms in total. The molecule has 0 amide bonds. The van der Waals surface area contributed by atoms with E-state index >= 15 is 0 Å². The summed E-state index contributed by atoms with van der Waals surface area (Å²) in [6.45, 7) is 0. The molecule has 0 saturated carbocycles. The third-order valence-electron chi connectivity index (χ3n) is 8.97. The molecule has 2 heterocycles. The number of nitrogens with zero attached hydrogens (tertiary/aromatic N) is 2. The largest absolute Gasteiger partial charge is 0.309 e. The molecule has 0 unspecified atom stereocenters. The fourth-order valence-electron chi connectivity index (χ4n) is 6.91. The van der Waals surface area contributed by atoms with E-state index in [2.05, 4.69) is 189 Å². The second-order valence-corrected chi connectivity index (χ2v) is 12.5. The van der Waals surface area contributed by atoms with E-state index in [-0.39, 0.29) is 0 Å². The molecule has 3 heteroatoms. The van der Waals surface area contributed by atoms with E-state index in [1.54, 1.807) is 0 Å². The van der Waals surface area contributed by atoms with Gasteiger partial charge in [-0.2, -0.15) is 0 Å². The van der Waals surface area contributed by atoms with Crippen LogP contribution < -0.4 is 0 Å². The van der Waals surface area contributed by atoms with Crippen LogP contribution in [0, 0.1) is 0 Å². The SMILES string of the molecule is Brc1ccc(-n2c3ccccc3c3cc(-c4ccc5c(c4)c4ccccc4n5-c4cccc(-c5ccccc5)c4)ccc32)cc1. The maximum atomic E-state index is 3.59. The molecule has 0 radical (unpaired) electrons. The van der Waals surface area contributed by atoms with E-state index in [4.69, 9.17) is 0 Å². The lowest BCUT2D eigenvalue weighted by atomic mass is 10.0. The van der Waals surface area contributed by atoms with Crippen LogP contribution in [0.2, 0.25) is 0 Å². The number of halogens is 1.